The van der Waals surface area contributed by atoms with Crippen LogP contribution in [0.4, 0.5) is 5.69 Å². The highest BCUT2D eigenvalue weighted by Gasteiger charge is 2.19. The molecular weight excluding hydrogens is 412 g/mol. The Morgan fingerprint density at radius 1 is 1.00 bits per heavy atom. The van der Waals surface area contributed by atoms with Crippen LogP contribution in [0.1, 0.15) is 27.0 Å². The molecule has 3 N–H and O–H groups in total. The van der Waals surface area contributed by atoms with E-state index in [0.29, 0.717) is 23.6 Å². The van der Waals surface area contributed by atoms with Crippen molar-refractivity contribution in [3.63, 3.8) is 0 Å². The Kier molecular flexibility index (Phi) is 6.58. The SMILES string of the molecule is N=C(c1ccc(C(=O)Nc2ccc3c(c2)CN(CC(=O)O)CC3)cc1)N1CCSCC1. The fraction of sp³-hybridized carbons (Fsp3) is 0.348. The standard InChI is InChI=1S/C23H26N4O3S/c24-22(27-9-11-31-12-10-27)17-1-3-18(4-2-17)23(30)25-20-6-5-16-7-8-26(15-21(28)29)14-19(16)13-20/h1-6,13,24H,7-12,14-15H2,(H,25,30)(H,28,29). The quantitative estimate of drug-likeness (QED) is 0.491. The van der Waals surface area contributed by atoms with Crippen molar-refractivity contribution in [3.05, 3.63) is 64.7 Å². The molecule has 1 amide bonds. The van der Waals surface area contributed by atoms with E-state index in [4.69, 9.17) is 10.5 Å². The van der Waals surface area contributed by atoms with Gasteiger partial charge in [-0.2, -0.15) is 11.8 Å². The smallest absolute Gasteiger partial charge is 0.317 e. The molecule has 7 nitrogen and oxygen atoms in total. The van der Waals surface area contributed by atoms with Gasteiger partial charge in [0.1, 0.15) is 5.84 Å². The van der Waals surface area contributed by atoms with Crippen LogP contribution in [0.5, 0.6) is 0 Å². The van der Waals surface area contributed by atoms with Gasteiger partial charge in [0.25, 0.3) is 5.91 Å². The van der Waals surface area contributed by atoms with Crippen molar-refractivity contribution >= 4 is 35.2 Å². The average Bonchev–Trinajstić information content (AvgIpc) is 2.78. The topological polar surface area (TPSA) is 96.7 Å². The molecule has 0 unspecified atom stereocenters. The Bertz CT molecular complexity index is 987. The summed E-state index contributed by atoms with van der Waals surface area (Å²) >= 11 is 1.91. The van der Waals surface area contributed by atoms with Crippen molar-refractivity contribution in [2.24, 2.45) is 0 Å². The zero-order valence-corrected chi connectivity index (χ0v) is 18.1. The van der Waals surface area contributed by atoms with E-state index in [0.717, 1.165) is 48.7 Å². The van der Waals surface area contributed by atoms with Crippen molar-refractivity contribution in [2.75, 3.05) is 43.0 Å². The first kappa shape index (κ1) is 21.4. The summed E-state index contributed by atoms with van der Waals surface area (Å²) < 4.78 is 0. The normalized spacial score (nSPS) is 16.5. The molecule has 1 fully saturated rings. The lowest BCUT2D eigenvalue weighted by Crippen LogP contribution is -2.37. The third kappa shape index (κ3) is 5.26. The molecule has 0 spiro atoms. The van der Waals surface area contributed by atoms with E-state index >= 15 is 0 Å². The number of nitrogens with zero attached hydrogens (tertiary/aromatic N) is 2. The maximum atomic E-state index is 12.7. The minimum absolute atomic E-state index is 0.0215. The van der Waals surface area contributed by atoms with Gasteiger partial charge in [0.2, 0.25) is 0 Å². The number of thioether (sulfide) groups is 1. The van der Waals surface area contributed by atoms with Crippen LogP contribution in [0, 0.1) is 5.41 Å². The summed E-state index contributed by atoms with van der Waals surface area (Å²) in [5, 5.41) is 20.4. The second-order valence-corrected chi connectivity index (χ2v) is 9.04. The van der Waals surface area contributed by atoms with Crippen LogP contribution in [0.15, 0.2) is 42.5 Å². The first-order chi connectivity index (χ1) is 15.0. The minimum Gasteiger partial charge on any atom is -0.480 e. The fourth-order valence-corrected chi connectivity index (χ4v) is 4.87. The van der Waals surface area contributed by atoms with E-state index in [9.17, 15) is 9.59 Å². The monoisotopic (exact) mass is 438 g/mol. The van der Waals surface area contributed by atoms with Gasteiger partial charge in [-0.25, -0.2) is 0 Å². The van der Waals surface area contributed by atoms with Gasteiger partial charge in [-0.15, -0.1) is 0 Å². The van der Waals surface area contributed by atoms with Crippen molar-refractivity contribution in [2.45, 2.75) is 13.0 Å². The number of carboxylic acid groups (broad SMARTS) is 1. The van der Waals surface area contributed by atoms with Gasteiger partial charge in [0, 0.05) is 54.5 Å². The van der Waals surface area contributed by atoms with Gasteiger partial charge in [-0.3, -0.25) is 19.9 Å². The number of carbonyl (C=O) groups is 2. The van der Waals surface area contributed by atoms with Crippen molar-refractivity contribution in [1.29, 1.82) is 5.41 Å². The summed E-state index contributed by atoms with van der Waals surface area (Å²) in [5.74, 6) is 1.55. The first-order valence-corrected chi connectivity index (χ1v) is 11.5. The highest BCUT2D eigenvalue weighted by Crippen LogP contribution is 2.23. The minimum atomic E-state index is -0.830. The van der Waals surface area contributed by atoms with Crippen LogP contribution in [0.2, 0.25) is 0 Å². The number of amides is 1. The average molecular weight is 439 g/mol. The number of carbonyl (C=O) groups excluding carboxylic acids is 1. The number of amidine groups is 1. The van der Waals surface area contributed by atoms with Crippen LogP contribution < -0.4 is 5.32 Å². The molecule has 0 aromatic heterocycles. The Labute approximate surface area is 185 Å². The fourth-order valence-electron chi connectivity index (χ4n) is 3.97. The molecule has 8 heteroatoms. The predicted molar refractivity (Wildman–Crippen MR) is 123 cm³/mol. The predicted octanol–water partition coefficient (Wildman–Crippen LogP) is 2.76. The second-order valence-electron chi connectivity index (χ2n) is 7.82. The number of hydrogen-bond acceptors (Lipinski definition) is 5. The summed E-state index contributed by atoms with van der Waals surface area (Å²) in [5.41, 5.74) is 4.29. The maximum Gasteiger partial charge on any atom is 0.317 e. The van der Waals surface area contributed by atoms with Crippen molar-refractivity contribution in [3.8, 4) is 0 Å². The van der Waals surface area contributed by atoms with Crippen LogP contribution >= 0.6 is 11.8 Å². The molecule has 4 rings (SSSR count). The zero-order valence-electron chi connectivity index (χ0n) is 17.3. The molecule has 2 heterocycles. The summed E-state index contributed by atoms with van der Waals surface area (Å²) in [6, 6.07) is 13.0. The van der Waals surface area contributed by atoms with Gasteiger partial charge < -0.3 is 15.3 Å². The lowest BCUT2D eigenvalue weighted by molar-refractivity contribution is -0.138. The van der Waals surface area contributed by atoms with Gasteiger partial charge in [0.05, 0.1) is 6.54 Å². The first-order valence-electron chi connectivity index (χ1n) is 10.4. The number of hydrogen-bond donors (Lipinski definition) is 3. The Morgan fingerprint density at radius 2 is 1.71 bits per heavy atom. The van der Waals surface area contributed by atoms with Crippen LogP contribution in [-0.2, 0) is 17.8 Å². The number of benzene rings is 2. The van der Waals surface area contributed by atoms with Crippen molar-refractivity contribution in [1.82, 2.24) is 9.80 Å². The largest absolute Gasteiger partial charge is 0.480 e. The molecule has 162 valence electrons. The number of anilines is 1. The molecule has 0 atom stereocenters. The highest BCUT2D eigenvalue weighted by molar-refractivity contribution is 7.99. The van der Waals surface area contributed by atoms with Gasteiger partial charge in [-0.05, 0) is 41.8 Å². The van der Waals surface area contributed by atoms with E-state index < -0.39 is 5.97 Å². The molecule has 0 radical (unpaired) electrons. The molecule has 0 bridgehead atoms. The third-order valence-corrected chi connectivity index (χ3v) is 6.60. The van der Waals surface area contributed by atoms with E-state index in [1.54, 1.807) is 12.1 Å². The number of rotatable bonds is 5. The molecule has 31 heavy (non-hydrogen) atoms. The van der Waals surface area contributed by atoms with E-state index in [2.05, 4.69) is 10.2 Å². The van der Waals surface area contributed by atoms with Crippen LogP contribution in [0.3, 0.4) is 0 Å². The Balaban J connectivity index is 1.40. The lowest BCUT2D eigenvalue weighted by atomic mass is 9.99. The van der Waals surface area contributed by atoms with Gasteiger partial charge in [-0.1, -0.05) is 18.2 Å². The number of nitrogens with one attached hydrogen (secondary N) is 2. The van der Waals surface area contributed by atoms with E-state index in [-0.39, 0.29) is 12.5 Å². The summed E-state index contributed by atoms with van der Waals surface area (Å²) in [6.45, 7) is 3.08. The Hall–Kier alpha value is -2.84. The number of fused-ring (bicyclic) bond motifs is 1. The van der Waals surface area contributed by atoms with Crippen LogP contribution in [0.25, 0.3) is 0 Å². The molecule has 2 aromatic rings. The van der Waals surface area contributed by atoms with Gasteiger partial charge >= 0.3 is 5.97 Å². The molecule has 0 aliphatic carbocycles. The zero-order chi connectivity index (χ0) is 21.8. The molecule has 2 aromatic carbocycles. The second kappa shape index (κ2) is 9.53. The number of carboxylic acids is 1. The summed E-state index contributed by atoms with van der Waals surface area (Å²) in [7, 11) is 0. The number of aliphatic carboxylic acids is 1. The molecule has 2 aliphatic rings. The summed E-state index contributed by atoms with van der Waals surface area (Å²) in [4.78, 5) is 27.7. The lowest BCUT2D eigenvalue weighted by Gasteiger charge is -2.28. The summed E-state index contributed by atoms with van der Waals surface area (Å²) in [6.07, 6.45) is 0.806. The molecular formula is C23H26N4O3S. The van der Waals surface area contributed by atoms with Crippen LogP contribution in [-0.4, -0.2) is 70.3 Å². The molecule has 2 aliphatic heterocycles. The molecule has 0 saturated carbocycles. The maximum absolute atomic E-state index is 12.7. The third-order valence-electron chi connectivity index (χ3n) is 5.66. The van der Waals surface area contributed by atoms with E-state index in [1.165, 1.54) is 5.56 Å². The van der Waals surface area contributed by atoms with E-state index in [1.807, 2.05) is 47.0 Å². The van der Waals surface area contributed by atoms with Crippen molar-refractivity contribution < 1.29 is 14.7 Å². The Morgan fingerprint density at radius 3 is 2.42 bits per heavy atom. The molecule has 1 saturated heterocycles. The van der Waals surface area contributed by atoms with Gasteiger partial charge in [0.15, 0.2) is 0 Å². The highest BCUT2D eigenvalue weighted by atomic mass is 32.2.